The number of sulfonamides is 1. The van der Waals surface area contributed by atoms with Gasteiger partial charge >= 0.3 is 0 Å². The van der Waals surface area contributed by atoms with Crippen LogP contribution in [0.3, 0.4) is 0 Å². The van der Waals surface area contributed by atoms with E-state index in [-0.39, 0.29) is 0 Å². The molecule has 0 radical (unpaired) electrons. The summed E-state index contributed by atoms with van der Waals surface area (Å²) in [5.74, 6) is 0. The molecule has 1 atom stereocenters. The first-order valence-electron chi connectivity index (χ1n) is 5.56. The Kier molecular flexibility index (Phi) is 4.59. The second kappa shape index (κ2) is 5.79. The summed E-state index contributed by atoms with van der Waals surface area (Å²) in [4.78, 5) is 0. The van der Waals surface area contributed by atoms with Crippen molar-refractivity contribution in [3.8, 4) is 0 Å². The molecule has 1 aliphatic heterocycles. The molecule has 96 valence electrons. The number of hydrogen-bond acceptors (Lipinski definition) is 4. The lowest BCUT2D eigenvalue weighted by Gasteiger charge is -2.10. The molecule has 7 heteroatoms. The van der Waals surface area contributed by atoms with Gasteiger partial charge in [-0.1, -0.05) is 0 Å². The maximum Gasteiger partial charge on any atom is 0.250 e. The zero-order valence-electron chi connectivity index (χ0n) is 9.28. The van der Waals surface area contributed by atoms with Crippen LogP contribution in [0.4, 0.5) is 0 Å². The molecule has 4 nitrogen and oxygen atoms in total. The number of halogens is 1. The normalized spacial score (nSPS) is 20.9. The first kappa shape index (κ1) is 13.5. The fourth-order valence-electron chi connectivity index (χ4n) is 1.88. The highest BCUT2D eigenvalue weighted by Gasteiger charge is 2.18. The van der Waals surface area contributed by atoms with E-state index in [1.54, 1.807) is 12.1 Å². The molecule has 2 N–H and O–H groups in total. The lowest BCUT2D eigenvalue weighted by atomic mass is 10.2. The molecular weight excluding hydrogens is 324 g/mol. The summed E-state index contributed by atoms with van der Waals surface area (Å²) in [6.07, 6.45) is 3.19. The first-order chi connectivity index (χ1) is 8.08. The van der Waals surface area contributed by atoms with E-state index in [0.717, 1.165) is 23.2 Å². The van der Waals surface area contributed by atoms with Crippen molar-refractivity contribution < 1.29 is 8.42 Å². The van der Waals surface area contributed by atoms with Gasteiger partial charge in [-0.2, -0.15) is 0 Å². The minimum Gasteiger partial charge on any atom is -0.314 e. The second-order valence-electron chi connectivity index (χ2n) is 4.04. The quantitative estimate of drug-likeness (QED) is 0.862. The molecule has 17 heavy (non-hydrogen) atoms. The molecule has 0 spiro atoms. The van der Waals surface area contributed by atoms with Crippen molar-refractivity contribution in [2.24, 2.45) is 0 Å². The fraction of sp³-hybridized carbons (Fsp3) is 0.600. The van der Waals surface area contributed by atoms with Crippen LogP contribution in [0.1, 0.15) is 19.3 Å². The van der Waals surface area contributed by atoms with Crippen LogP contribution < -0.4 is 10.0 Å². The molecule has 2 heterocycles. The van der Waals surface area contributed by atoms with Gasteiger partial charge in [-0.3, -0.25) is 0 Å². The summed E-state index contributed by atoms with van der Waals surface area (Å²) in [6.45, 7) is 1.55. The summed E-state index contributed by atoms with van der Waals surface area (Å²) in [5, 5.41) is 3.35. The number of rotatable bonds is 5. The number of nitrogens with one attached hydrogen (secondary N) is 2. The van der Waals surface area contributed by atoms with Gasteiger partial charge in [-0.25, -0.2) is 13.1 Å². The number of hydrogen-bond donors (Lipinski definition) is 2. The van der Waals surface area contributed by atoms with E-state index in [1.165, 1.54) is 17.8 Å². The highest BCUT2D eigenvalue weighted by atomic mass is 79.9. The van der Waals surface area contributed by atoms with Crippen molar-refractivity contribution in [3.63, 3.8) is 0 Å². The summed E-state index contributed by atoms with van der Waals surface area (Å²) < 4.78 is 27.6. The highest BCUT2D eigenvalue weighted by Crippen LogP contribution is 2.25. The Hall–Kier alpha value is 0.0500. The Morgan fingerprint density at radius 1 is 1.53 bits per heavy atom. The summed E-state index contributed by atoms with van der Waals surface area (Å²) in [6, 6.07) is 3.83. The van der Waals surface area contributed by atoms with Crippen LogP contribution in [-0.2, 0) is 10.0 Å². The molecule has 2 rings (SSSR count). The molecule has 0 aromatic carbocycles. The Bertz CT molecular complexity index is 466. The SMILES string of the molecule is O=S(=O)(NCC[C@@H]1CCCN1)c1ccc(Br)s1. The first-order valence-corrected chi connectivity index (χ1v) is 8.65. The smallest absolute Gasteiger partial charge is 0.250 e. The molecule has 1 aromatic rings. The molecule has 1 aromatic heterocycles. The van der Waals surface area contributed by atoms with Crippen molar-refractivity contribution in [2.75, 3.05) is 13.1 Å². The Balaban J connectivity index is 1.85. The third-order valence-electron chi connectivity index (χ3n) is 2.76. The van der Waals surface area contributed by atoms with E-state index in [2.05, 4.69) is 26.0 Å². The molecular formula is C10H15BrN2O2S2. The molecule has 0 bridgehead atoms. The maximum atomic E-state index is 11.9. The van der Waals surface area contributed by atoms with Gasteiger partial charge in [0, 0.05) is 12.6 Å². The van der Waals surface area contributed by atoms with Crippen LogP contribution in [-0.4, -0.2) is 27.5 Å². The van der Waals surface area contributed by atoms with Crippen molar-refractivity contribution >= 4 is 37.3 Å². The minimum atomic E-state index is -3.32. The van der Waals surface area contributed by atoms with Crippen LogP contribution in [0.2, 0.25) is 0 Å². The van der Waals surface area contributed by atoms with E-state index in [1.807, 2.05) is 0 Å². The zero-order valence-corrected chi connectivity index (χ0v) is 12.5. The predicted octanol–water partition coefficient (Wildman–Crippen LogP) is 1.93. The van der Waals surface area contributed by atoms with Gasteiger partial charge in [0.05, 0.1) is 3.79 Å². The average molecular weight is 339 g/mol. The van der Waals surface area contributed by atoms with Crippen LogP contribution >= 0.6 is 27.3 Å². The van der Waals surface area contributed by atoms with Crippen molar-refractivity contribution in [2.45, 2.75) is 29.5 Å². The Morgan fingerprint density at radius 2 is 2.35 bits per heavy atom. The standard InChI is InChI=1S/C10H15BrN2O2S2/c11-9-3-4-10(16-9)17(14,15)13-7-5-8-2-1-6-12-8/h3-4,8,12-13H,1-2,5-7H2/t8-/m0/s1. The Morgan fingerprint density at radius 3 is 2.94 bits per heavy atom. The van der Waals surface area contributed by atoms with Gasteiger partial charge in [0.15, 0.2) is 0 Å². The summed E-state index contributed by atoms with van der Waals surface area (Å²) in [7, 11) is -3.32. The van der Waals surface area contributed by atoms with Crippen molar-refractivity contribution in [1.82, 2.24) is 10.0 Å². The van der Waals surface area contributed by atoms with Gasteiger partial charge < -0.3 is 5.32 Å². The molecule has 0 amide bonds. The molecule has 0 aliphatic carbocycles. The third kappa shape index (κ3) is 3.75. The number of thiophene rings is 1. The fourth-order valence-corrected chi connectivity index (χ4v) is 4.99. The predicted molar refractivity (Wildman–Crippen MR) is 72.8 cm³/mol. The zero-order chi connectivity index (χ0) is 12.3. The minimum absolute atomic E-state index is 0.365. The van der Waals surface area contributed by atoms with E-state index in [4.69, 9.17) is 0 Å². The van der Waals surface area contributed by atoms with E-state index in [0.29, 0.717) is 16.8 Å². The molecule has 1 saturated heterocycles. The van der Waals surface area contributed by atoms with Crippen LogP contribution in [0.25, 0.3) is 0 Å². The van der Waals surface area contributed by atoms with Gasteiger partial charge in [-0.15, -0.1) is 11.3 Å². The third-order valence-corrected chi connectivity index (χ3v) is 6.34. The lowest BCUT2D eigenvalue weighted by molar-refractivity contribution is 0.540. The topological polar surface area (TPSA) is 58.2 Å². The van der Waals surface area contributed by atoms with E-state index in [9.17, 15) is 8.42 Å². The largest absolute Gasteiger partial charge is 0.314 e. The summed E-state index contributed by atoms with van der Waals surface area (Å²) >= 11 is 4.49. The Labute approximate surface area is 114 Å². The second-order valence-corrected chi connectivity index (χ2v) is 8.50. The monoisotopic (exact) mass is 338 g/mol. The highest BCUT2D eigenvalue weighted by molar-refractivity contribution is 9.11. The van der Waals surface area contributed by atoms with E-state index < -0.39 is 10.0 Å². The van der Waals surface area contributed by atoms with Gasteiger partial charge in [0.1, 0.15) is 4.21 Å². The lowest BCUT2D eigenvalue weighted by Crippen LogP contribution is -2.30. The summed E-state index contributed by atoms with van der Waals surface area (Å²) in [5.41, 5.74) is 0. The molecule has 0 saturated carbocycles. The van der Waals surface area contributed by atoms with Gasteiger partial charge in [-0.05, 0) is 53.9 Å². The molecule has 1 fully saturated rings. The van der Waals surface area contributed by atoms with Gasteiger partial charge in [0.2, 0.25) is 10.0 Å². The average Bonchev–Trinajstić information content (AvgIpc) is 2.89. The molecule has 1 aliphatic rings. The van der Waals surface area contributed by atoms with Gasteiger partial charge in [0.25, 0.3) is 0 Å². The van der Waals surface area contributed by atoms with Crippen LogP contribution in [0, 0.1) is 0 Å². The van der Waals surface area contributed by atoms with Crippen LogP contribution in [0.5, 0.6) is 0 Å². The molecule has 0 unspecified atom stereocenters. The van der Waals surface area contributed by atoms with Crippen LogP contribution in [0.15, 0.2) is 20.1 Å². The van der Waals surface area contributed by atoms with Crippen molar-refractivity contribution in [3.05, 3.63) is 15.9 Å². The van der Waals surface area contributed by atoms with Crippen molar-refractivity contribution in [1.29, 1.82) is 0 Å². The maximum absolute atomic E-state index is 11.9. The van der Waals surface area contributed by atoms with E-state index >= 15 is 0 Å².